The van der Waals surface area contributed by atoms with Crippen LogP contribution in [-0.4, -0.2) is 11.9 Å². The number of hydrogen-bond acceptors (Lipinski definition) is 2. The second-order valence-corrected chi connectivity index (χ2v) is 4.64. The second-order valence-electron chi connectivity index (χ2n) is 4.64. The summed E-state index contributed by atoms with van der Waals surface area (Å²) in [7, 11) is 0. The van der Waals surface area contributed by atoms with E-state index in [0.29, 0.717) is 12.5 Å². The predicted octanol–water partition coefficient (Wildman–Crippen LogP) is 2.77. The van der Waals surface area contributed by atoms with E-state index >= 15 is 0 Å². The van der Waals surface area contributed by atoms with Crippen LogP contribution in [0.15, 0.2) is 0 Å². The van der Waals surface area contributed by atoms with E-state index in [1.165, 1.54) is 32.1 Å². The first-order chi connectivity index (χ1) is 7.77. The summed E-state index contributed by atoms with van der Waals surface area (Å²) >= 11 is 0. The number of carbonyl (C=O) groups is 1. The van der Waals surface area contributed by atoms with Crippen LogP contribution in [0.4, 0.5) is 0 Å². The third-order valence-corrected chi connectivity index (χ3v) is 3.33. The minimum Gasteiger partial charge on any atom is -0.352 e. The molecule has 90 valence electrons. The van der Waals surface area contributed by atoms with Gasteiger partial charge in [0.2, 0.25) is 5.91 Å². The Bertz CT molecular complexity index is 249. The molecule has 1 saturated carbocycles. The quantitative estimate of drug-likeness (QED) is 0.798. The van der Waals surface area contributed by atoms with Crippen molar-refractivity contribution in [2.24, 2.45) is 5.92 Å². The van der Waals surface area contributed by atoms with Crippen molar-refractivity contribution in [1.29, 1.82) is 5.26 Å². The van der Waals surface area contributed by atoms with Crippen LogP contribution in [0.25, 0.3) is 0 Å². The normalized spacial score (nSPS) is 20.2. The maximum Gasteiger partial charge on any atom is 0.237 e. The number of rotatable bonds is 3. The van der Waals surface area contributed by atoms with Crippen molar-refractivity contribution >= 4 is 5.91 Å². The first kappa shape index (κ1) is 13.0. The Morgan fingerprint density at radius 3 is 2.38 bits per heavy atom. The Hall–Kier alpha value is -1.04. The molecule has 1 rings (SSSR count). The summed E-state index contributed by atoms with van der Waals surface area (Å²) in [5.74, 6) is -0.541. The van der Waals surface area contributed by atoms with Gasteiger partial charge in [-0.15, -0.1) is 0 Å². The Morgan fingerprint density at radius 1 is 1.31 bits per heavy atom. The molecule has 0 bridgehead atoms. The van der Waals surface area contributed by atoms with Gasteiger partial charge in [0.15, 0.2) is 0 Å². The molecule has 1 amide bonds. The van der Waals surface area contributed by atoms with Crippen molar-refractivity contribution in [3.8, 4) is 6.07 Å². The zero-order valence-corrected chi connectivity index (χ0v) is 10.2. The largest absolute Gasteiger partial charge is 0.352 e. The number of hydrogen-bond donors (Lipinski definition) is 1. The smallest absolute Gasteiger partial charge is 0.237 e. The maximum absolute atomic E-state index is 11.7. The zero-order chi connectivity index (χ0) is 11.8. The molecule has 1 aliphatic rings. The van der Waals surface area contributed by atoms with Gasteiger partial charge < -0.3 is 5.32 Å². The zero-order valence-electron chi connectivity index (χ0n) is 10.2. The molecule has 1 atom stereocenters. The minimum absolute atomic E-state index is 0.0735. The van der Waals surface area contributed by atoms with Crippen molar-refractivity contribution in [3.63, 3.8) is 0 Å². The van der Waals surface area contributed by atoms with Gasteiger partial charge in [0, 0.05) is 6.04 Å². The first-order valence-electron chi connectivity index (χ1n) is 6.48. The number of carbonyl (C=O) groups excluding carboxylic acids is 1. The fourth-order valence-electron chi connectivity index (χ4n) is 2.24. The molecule has 1 N–H and O–H groups in total. The van der Waals surface area contributed by atoms with Gasteiger partial charge in [0.05, 0.1) is 6.07 Å². The average Bonchev–Trinajstić information content (AvgIpc) is 2.23. The average molecular weight is 222 g/mol. The highest BCUT2D eigenvalue weighted by molar-refractivity contribution is 5.81. The number of nitrogens with one attached hydrogen (secondary N) is 1. The van der Waals surface area contributed by atoms with E-state index in [1.807, 2.05) is 6.92 Å². The van der Waals surface area contributed by atoms with E-state index in [0.717, 1.165) is 12.8 Å². The fourth-order valence-corrected chi connectivity index (χ4v) is 2.24. The van der Waals surface area contributed by atoms with E-state index < -0.39 is 5.92 Å². The van der Waals surface area contributed by atoms with Crippen LogP contribution in [0.1, 0.15) is 58.3 Å². The lowest BCUT2D eigenvalue weighted by Gasteiger charge is -2.21. The lowest BCUT2D eigenvalue weighted by Crippen LogP contribution is -2.38. The van der Waals surface area contributed by atoms with Crippen LogP contribution in [-0.2, 0) is 4.79 Å². The molecule has 0 saturated heterocycles. The molecule has 1 unspecified atom stereocenters. The fraction of sp³-hybridized carbons (Fsp3) is 0.846. The molecule has 0 heterocycles. The summed E-state index contributed by atoms with van der Waals surface area (Å²) in [6.07, 6.45) is 9.05. The molecule has 3 nitrogen and oxygen atoms in total. The molecule has 0 spiro atoms. The van der Waals surface area contributed by atoms with Crippen molar-refractivity contribution in [1.82, 2.24) is 5.32 Å². The third kappa shape index (κ3) is 4.22. The van der Waals surface area contributed by atoms with Crippen LogP contribution < -0.4 is 5.32 Å². The molecular weight excluding hydrogens is 200 g/mol. The van der Waals surface area contributed by atoms with Crippen LogP contribution in [0.2, 0.25) is 0 Å². The van der Waals surface area contributed by atoms with Crippen LogP contribution in [0, 0.1) is 17.2 Å². The summed E-state index contributed by atoms with van der Waals surface area (Å²) in [6.45, 7) is 1.88. The van der Waals surface area contributed by atoms with Crippen LogP contribution in [0.3, 0.4) is 0 Å². The third-order valence-electron chi connectivity index (χ3n) is 3.33. The van der Waals surface area contributed by atoms with Crippen LogP contribution in [0.5, 0.6) is 0 Å². The van der Waals surface area contributed by atoms with E-state index in [1.54, 1.807) is 0 Å². The van der Waals surface area contributed by atoms with E-state index in [4.69, 9.17) is 5.26 Å². The monoisotopic (exact) mass is 222 g/mol. The van der Waals surface area contributed by atoms with Crippen molar-refractivity contribution < 1.29 is 4.79 Å². The Balaban J connectivity index is 2.39. The molecule has 0 aromatic rings. The van der Waals surface area contributed by atoms with Gasteiger partial charge >= 0.3 is 0 Å². The highest BCUT2D eigenvalue weighted by Gasteiger charge is 2.19. The van der Waals surface area contributed by atoms with E-state index in [-0.39, 0.29) is 5.91 Å². The Labute approximate surface area is 98.2 Å². The highest BCUT2D eigenvalue weighted by atomic mass is 16.1. The SMILES string of the molecule is CCC(C#N)C(=O)NC1CCCCCCC1. The van der Waals surface area contributed by atoms with Crippen molar-refractivity contribution in [3.05, 3.63) is 0 Å². The molecule has 0 aromatic carbocycles. The number of amides is 1. The molecule has 0 aliphatic heterocycles. The van der Waals surface area contributed by atoms with Crippen molar-refractivity contribution in [2.75, 3.05) is 0 Å². The lowest BCUT2D eigenvalue weighted by molar-refractivity contribution is -0.124. The number of nitrogens with zero attached hydrogens (tertiary/aromatic N) is 1. The van der Waals surface area contributed by atoms with E-state index in [2.05, 4.69) is 11.4 Å². The summed E-state index contributed by atoms with van der Waals surface area (Å²) in [5.41, 5.74) is 0. The Kier molecular flexibility index (Phi) is 5.92. The van der Waals surface area contributed by atoms with Gasteiger partial charge in [-0.2, -0.15) is 5.26 Å². The topological polar surface area (TPSA) is 52.9 Å². The molecule has 16 heavy (non-hydrogen) atoms. The predicted molar refractivity (Wildman–Crippen MR) is 63.6 cm³/mol. The van der Waals surface area contributed by atoms with Gasteiger partial charge in [-0.05, 0) is 19.3 Å². The lowest BCUT2D eigenvalue weighted by atomic mass is 9.96. The number of nitriles is 1. The molecule has 1 fully saturated rings. The van der Waals surface area contributed by atoms with Crippen molar-refractivity contribution in [2.45, 2.75) is 64.3 Å². The molecular formula is C13H22N2O. The molecule has 0 radical (unpaired) electrons. The Morgan fingerprint density at radius 2 is 1.88 bits per heavy atom. The van der Waals surface area contributed by atoms with Gasteiger partial charge in [0.25, 0.3) is 0 Å². The summed E-state index contributed by atoms with van der Waals surface area (Å²) < 4.78 is 0. The van der Waals surface area contributed by atoms with E-state index in [9.17, 15) is 4.79 Å². The summed E-state index contributed by atoms with van der Waals surface area (Å²) in [5, 5.41) is 11.8. The molecule has 3 heteroatoms. The van der Waals surface area contributed by atoms with Gasteiger partial charge in [-0.1, -0.05) is 39.0 Å². The van der Waals surface area contributed by atoms with Crippen LogP contribution >= 0.6 is 0 Å². The van der Waals surface area contributed by atoms with Gasteiger partial charge in [-0.3, -0.25) is 4.79 Å². The highest BCUT2D eigenvalue weighted by Crippen LogP contribution is 2.17. The molecule has 0 aromatic heterocycles. The first-order valence-corrected chi connectivity index (χ1v) is 6.48. The minimum atomic E-state index is -0.467. The second kappa shape index (κ2) is 7.27. The maximum atomic E-state index is 11.7. The summed E-state index contributed by atoms with van der Waals surface area (Å²) in [6, 6.07) is 2.36. The van der Waals surface area contributed by atoms with Gasteiger partial charge in [0.1, 0.15) is 5.92 Å². The standard InChI is InChI=1S/C13H22N2O/c1-2-11(10-14)13(16)15-12-8-6-4-3-5-7-9-12/h11-12H,2-9H2,1H3,(H,15,16). The molecule has 1 aliphatic carbocycles. The summed E-state index contributed by atoms with van der Waals surface area (Å²) in [4.78, 5) is 11.7. The van der Waals surface area contributed by atoms with Gasteiger partial charge in [-0.25, -0.2) is 0 Å².